The highest BCUT2D eigenvalue weighted by atomic mass is 35.5. The van der Waals surface area contributed by atoms with Crippen molar-refractivity contribution < 1.29 is 19.1 Å². The van der Waals surface area contributed by atoms with Crippen molar-refractivity contribution in [1.29, 1.82) is 0 Å². The minimum absolute atomic E-state index is 0.0112. The molecule has 29 heavy (non-hydrogen) atoms. The Morgan fingerprint density at radius 2 is 2.21 bits per heavy atom. The van der Waals surface area contributed by atoms with Gasteiger partial charge < -0.3 is 18.9 Å². The number of rotatable bonds is 9. The summed E-state index contributed by atoms with van der Waals surface area (Å²) in [6, 6.07) is 5.68. The maximum Gasteiger partial charge on any atom is 0.333 e. The Morgan fingerprint density at radius 3 is 2.97 bits per heavy atom. The Balaban J connectivity index is 1.64. The molecule has 10 heteroatoms. The molecule has 0 spiro atoms. The quantitative estimate of drug-likeness (QED) is 0.248. The first-order chi connectivity index (χ1) is 14.0. The monoisotopic (exact) mass is 455 g/mol. The molecule has 1 aromatic carbocycles. The standard InChI is InChI=1S/C19H22ClN3O4S2/c1-26-8-7-22-15-5-4-13(20)10-14(15)21-19(22)28-9-3-6-23-16(24)12-29-17(23)11-18(25)27-2/h4-5,10-11H,3,6-9,12H2,1-2H3/b17-11-. The molecule has 0 atom stereocenters. The van der Waals surface area contributed by atoms with Crippen LogP contribution in [0.15, 0.2) is 34.5 Å². The second-order valence-corrected chi connectivity index (χ2v) is 8.71. The van der Waals surface area contributed by atoms with Crippen LogP contribution in [-0.2, 0) is 25.6 Å². The number of hydrogen-bond acceptors (Lipinski definition) is 7. The van der Waals surface area contributed by atoms with E-state index in [4.69, 9.17) is 21.3 Å². The highest BCUT2D eigenvalue weighted by molar-refractivity contribution is 8.04. The predicted octanol–water partition coefficient (Wildman–Crippen LogP) is 3.41. The first kappa shape index (κ1) is 22.0. The molecule has 156 valence electrons. The molecule has 1 saturated heterocycles. The van der Waals surface area contributed by atoms with Crippen LogP contribution >= 0.6 is 35.1 Å². The summed E-state index contributed by atoms with van der Waals surface area (Å²) < 4.78 is 12.0. The number of methoxy groups -OCH3 is 2. The average molecular weight is 456 g/mol. The normalized spacial score (nSPS) is 15.6. The van der Waals surface area contributed by atoms with E-state index in [9.17, 15) is 9.59 Å². The van der Waals surface area contributed by atoms with Gasteiger partial charge in [0, 0.05) is 31.0 Å². The van der Waals surface area contributed by atoms with Gasteiger partial charge in [-0.05, 0) is 24.6 Å². The second kappa shape index (κ2) is 10.4. The summed E-state index contributed by atoms with van der Waals surface area (Å²) in [5.41, 5.74) is 1.87. The first-order valence-electron chi connectivity index (χ1n) is 9.04. The molecule has 1 fully saturated rings. The van der Waals surface area contributed by atoms with E-state index in [0.717, 1.165) is 28.4 Å². The van der Waals surface area contributed by atoms with Crippen molar-refractivity contribution in [2.45, 2.75) is 18.1 Å². The molecular formula is C19H22ClN3O4S2. The molecule has 2 aromatic rings. The number of amides is 1. The van der Waals surface area contributed by atoms with Gasteiger partial charge in [0.2, 0.25) is 5.91 Å². The molecule has 0 radical (unpaired) electrons. The Kier molecular flexibility index (Phi) is 7.88. The van der Waals surface area contributed by atoms with Crippen LogP contribution in [0.2, 0.25) is 5.02 Å². The van der Waals surface area contributed by atoms with Crippen LogP contribution in [0.3, 0.4) is 0 Å². The van der Waals surface area contributed by atoms with Crippen LogP contribution in [0.1, 0.15) is 6.42 Å². The number of imidazole rings is 1. The number of carbonyl (C=O) groups is 2. The number of esters is 1. The summed E-state index contributed by atoms with van der Waals surface area (Å²) in [6.45, 7) is 1.83. The lowest BCUT2D eigenvalue weighted by Crippen LogP contribution is -2.26. The molecule has 2 heterocycles. The summed E-state index contributed by atoms with van der Waals surface area (Å²) in [5, 5.41) is 2.20. The number of fused-ring (bicyclic) bond motifs is 1. The van der Waals surface area contributed by atoms with Gasteiger partial charge >= 0.3 is 5.97 Å². The first-order valence-corrected chi connectivity index (χ1v) is 11.4. The van der Waals surface area contributed by atoms with E-state index in [-0.39, 0.29) is 5.91 Å². The van der Waals surface area contributed by atoms with E-state index in [1.807, 2.05) is 18.2 Å². The van der Waals surface area contributed by atoms with E-state index in [0.29, 0.717) is 35.5 Å². The third-order valence-corrected chi connectivity index (χ3v) is 6.63. The van der Waals surface area contributed by atoms with Gasteiger partial charge in [0.15, 0.2) is 5.16 Å². The van der Waals surface area contributed by atoms with E-state index < -0.39 is 5.97 Å². The van der Waals surface area contributed by atoms with Gasteiger partial charge in [-0.3, -0.25) is 4.79 Å². The van der Waals surface area contributed by atoms with Crippen molar-refractivity contribution in [3.05, 3.63) is 34.3 Å². The second-order valence-electron chi connectivity index (χ2n) is 6.21. The Morgan fingerprint density at radius 1 is 1.38 bits per heavy atom. The summed E-state index contributed by atoms with van der Waals surface area (Å²) in [4.78, 5) is 29.9. The van der Waals surface area contributed by atoms with Crippen LogP contribution in [-0.4, -0.2) is 65.2 Å². The van der Waals surface area contributed by atoms with Gasteiger partial charge in [0.25, 0.3) is 0 Å². The topological polar surface area (TPSA) is 73.7 Å². The van der Waals surface area contributed by atoms with Gasteiger partial charge in [-0.15, -0.1) is 0 Å². The van der Waals surface area contributed by atoms with Crippen molar-refractivity contribution in [2.24, 2.45) is 0 Å². The van der Waals surface area contributed by atoms with Gasteiger partial charge in [0.1, 0.15) is 0 Å². The molecule has 0 bridgehead atoms. The van der Waals surface area contributed by atoms with Gasteiger partial charge in [0.05, 0.1) is 41.6 Å². The predicted molar refractivity (Wildman–Crippen MR) is 116 cm³/mol. The molecule has 0 aliphatic carbocycles. The number of hydrogen-bond donors (Lipinski definition) is 0. The average Bonchev–Trinajstić information content (AvgIpc) is 3.22. The van der Waals surface area contributed by atoms with Crippen LogP contribution < -0.4 is 0 Å². The van der Waals surface area contributed by atoms with E-state index in [1.165, 1.54) is 24.9 Å². The molecular weight excluding hydrogens is 434 g/mol. The van der Waals surface area contributed by atoms with Crippen molar-refractivity contribution in [3.63, 3.8) is 0 Å². The van der Waals surface area contributed by atoms with Crippen LogP contribution in [0, 0.1) is 0 Å². The number of thioether (sulfide) groups is 2. The van der Waals surface area contributed by atoms with Crippen molar-refractivity contribution in [1.82, 2.24) is 14.5 Å². The van der Waals surface area contributed by atoms with Crippen molar-refractivity contribution >= 4 is 58.0 Å². The fourth-order valence-corrected chi connectivity index (χ4v) is 4.99. The maximum absolute atomic E-state index is 12.1. The SMILES string of the molecule is COCCn1c(SCCCN2C(=O)CS/C2=C\C(=O)OC)nc2cc(Cl)ccc21. The molecule has 1 aliphatic rings. The Bertz CT molecular complexity index is 932. The molecule has 0 saturated carbocycles. The molecule has 1 aliphatic heterocycles. The molecule has 0 N–H and O–H groups in total. The number of aromatic nitrogens is 2. The highest BCUT2D eigenvalue weighted by Gasteiger charge is 2.27. The third kappa shape index (κ3) is 5.48. The lowest BCUT2D eigenvalue weighted by molar-refractivity contribution is -0.134. The summed E-state index contributed by atoms with van der Waals surface area (Å²) in [7, 11) is 3.00. The lowest BCUT2D eigenvalue weighted by atomic mass is 10.3. The fourth-order valence-electron chi connectivity index (χ4n) is 2.90. The Hall–Kier alpha value is -1.68. The van der Waals surface area contributed by atoms with Crippen LogP contribution in [0.5, 0.6) is 0 Å². The minimum atomic E-state index is -0.452. The Labute approximate surface area is 182 Å². The number of benzene rings is 1. The lowest BCUT2D eigenvalue weighted by Gasteiger charge is -2.16. The van der Waals surface area contributed by atoms with E-state index >= 15 is 0 Å². The summed E-state index contributed by atoms with van der Waals surface area (Å²) in [6.07, 6.45) is 2.14. The zero-order valence-electron chi connectivity index (χ0n) is 16.2. The van der Waals surface area contributed by atoms with Crippen molar-refractivity contribution in [3.8, 4) is 0 Å². The largest absolute Gasteiger partial charge is 0.466 e. The molecule has 0 unspecified atom stereocenters. The molecule has 7 nitrogen and oxygen atoms in total. The zero-order valence-corrected chi connectivity index (χ0v) is 18.6. The van der Waals surface area contributed by atoms with Crippen LogP contribution in [0.4, 0.5) is 0 Å². The minimum Gasteiger partial charge on any atom is -0.466 e. The maximum atomic E-state index is 12.1. The summed E-state index contributed by atoms with van der Waals surface area (Å²) in [5.74, 6) is 0.692. The highest BCUT2D eigenvalue weighted by Crippen LogP contribution is 2.30. The van der Waals surface area contributed by atoms with Crippen molar-refractivity contribution in [2.75, 3.05) is 38.9 Å². The molecule has 1 amide bonds. The smallest absolute Gasteiger partial charge is 0.333 e. The molecule has 3 rings (SSSR count). The number of ether oxygens (including phenoxy) is 2. The number of carbonyl (C=O) groups excluding carboxylic acids is 2. The summed E-state index contributed by atoms with van der Waals surface area (Å²) >= 11 is 9.09. The van der Waals surface area contributed by atoms with Crippen LogP contribution in [0.25, 0.3) is 11.0 Å². The number of nitrogens with zero attached hydrogens (tertiary/aromatic N) is 3. The fraction of sp³-hybridized carbons (Fsp3) is 0.421. The number of halogens is 1. The van der Waals surface area contributed by atoms with Gasteiger partial charge in [-0.25, -0.2) is 9.78 Å². The molecule has 1 aromatic heterocycles. The van der Waals surface area contributed by atoms with E-state index in [1.54, 1.807) is 23.8 Å². The van der Waals surface area contributed by atoms with Gasteiger partial charge in [-0.1, -0.05) is 35.1 Å². The van der Waals surface area contributed by atoms with E-state index in [2.05, 4.69) is 9.30 Å². The third-order valence-electron chi connectivity index (χ3n) is 4.30. The zero-order chi connectivity index (χ0) is 20.8. The van der Waals surface area contributed by atoms with Gasteiger partial charge in [-0.2, -0.15) is 0 Å².